The molecule has 1 aromatic carbocycles. The van der Waals surface area contributed by atoms with E-state index in [1.54, 1.807) is 13.0 Å². The van der Waals surface area contributed by atoms with Crippen molar-refractivity contribution in [2.75, 3.05) is 39.9 Å². The lowest BCUT2D eigenvalue weighted by Gasteiger charge is -2.18. The van der Waals surface area contributed by atoms with Gasteiger partial charge in [0.15, 0.2) is 18.1 Å². The maximum atomic E-state index is 12.7. The van der Waals surface area contributed by atoms with Crippen molar-refractivity contribution in [3.05, 3.63) is 33.7 Å². The Morgan fingerprint density at radius 3 is 2.41 bits per heavy atom. The molecular formula is C24H29NO8S. The SMILES string of the molecule is CCOC(=O)c1c(NC(=O)COC(=O)c2ccc(OC)c(OC)c2OC)sc2c1CCC(C)C2. The van der Waals surface area contributed by atoms with E-state index in [-0.39, 0.29) is 23.7 Å². The number of amides is 1. The molecule has 1 atom stereocenters. The van der Waals surface area contributed by atoms with E-state index in [1.807, 2.05) is 0 Å². The second-order valence-corrected chi connectivity index (χ2v) is 8.89. The molecule has 0 saturated heterocycles. The lowest BCUT2D eigenvalue weighted by atomic mass is 9.88. The van der Waals surface area contributed by atoms with E-state index in [2.05, 4.69) is 12.2 Å². The molecule has 9 nitrogen and oxygen atoms in total. The van der Waals surface area contributed by atoms with Gasteiger partial charge in [-0.05, 0) is 49.8 Å². The number of fused-ring (bicyclic) bond motifs is 1. The van der Waals surface area contributed by atoms with Gasteiger partial charge in [-0.3, -0.25) is 4.79 Å². The Hall–Kier alpha value is -3.27. The minimum absolute atomic E-state index is 0.0840. The molecule has 184 valence electrons. The number of hydrogen-bond acceptors (Lipinski definition) is 9. The number of hydrogen-bond donors (Lipinski definition) is 1. The normalized spacial score (nSPS) is 14.6. The Labute approximate surface area is 202 Å². The molecule has 3 rings (SSSR count). The average Bonchev–Trinajstić information content (AvgIpc) is 3.18. The minimum atomic E-state index is -0.766. The summed E-state index contributed by atoms with van der Waals surface area (Å²) in [5, 5.41) is 3.14. The first-order valence-electron chi connectivity index (χ1n) is 10.9. The summed E-state index contributed by atoms with van der Waals surface area (Å²) in [6.07, 6.45) is 2.57. The summed E-state index contributed by atoms with van der Waals surface area (Å²) in [4.78, 5) is 39.0. The molecule has 0 aliphatic heterocycles. The van der Waals surface area contributed by atoms with Gasteiger partial charge >= 0.3 is 11.9 Å². The Bertz CT molecular complexity index is 1080. The molecule has 0 radical (unpaired) electrons. The van der Waals surface area contributed by atoms with Gasteiger partial charge in [0.25, 0.3) is 5.91 Å². The van der Waals surface area contributed by atoms with Gasteiger partial charge in [-0.15, -0.1) is 11.3 Å². The Morgan fingerprint density at radius 1 is 1.03 bits per heavy atom. The number of methoxy groups -OCH3 is 3. The molecule has 1 aromatic heterocycles. The van der Waals surface area contributed by atoms with E-state index in [0.717, 1.165) is 29.7 Å². The highest BCUT2D eigenvalue weighted by Gasteiger charge is 2.29. The number of esters is 2. The number of rotatable bonds is 9. The third-order valence-electron chi connectivity index (χ3n) is 5.50. The average molecular weight is 492 g/mol. The molecule has 1 aliphatic carbocycles. The maximum absolute atomic E-state index is 12.7. The van der Waals surface area contributed by atoms with Gasteiger partial charge in [0.05, 0.1) is 33.5 Å². The standard InChI is InChI=1S/C24H29NO8S/c1-6-32-24(28)19-14-8-7-13(2)11-17(14)34-22(19)25-18(26)12-33-23(27)15-9-10-16(29-3)21(31-5)20(15)30-4/h9-10,13H,6-8,11-12H2,1-5H3,(H,25,26). The van der Waals surface area contributed by atoms with E-state index in [0.29, 0.717) is 22.2 Å². The van der Waals surface area contributed by atoms with Crippen molar-refractivity contribution < 1.29 is 38.1 Å². The van der Waals surface area contributed by atoms with Crippen LogP contribution >= 0.6 is 11.3 Å². The van der Waals surface area contributed by atoms with Crippen molar-refractivity contribution in [1.82, 2.24) is 0 Å². The third-order valence-corrected chi connectivity index (χ3v) is 6.67. The fourth-order valence-corrected chi connectivity index (χ4v) is 5.31. The molecule has 1 heterocycles. The summed E-state index contributed by atoms with van der Waals surface area (Å²) < 4.78 is 26.2. The van der Waals surface area contributed by atoms with E-state index in [1.165, 1.54) is 38.7 Å². The number of nitrogens with one attached hydrogen (secondary N) is 1. The first-order valence-corrected chi connectivity index (χ1v) is 11.7. The molecule has 1 unspecified atom stereocenters. The second-order valence-electron chi connectivity index (χ2n) is 7.78. The number of carbonyl (C=O) groups excluding carboxylic acids is 3. The predicted molar refractivity (Wildman–Crippen MR) is 126 cm³/mol. The molecule has 0 spiro atoms. The fraction of sp³-hybridized carbons (Fsp3) is 0.458. The highest BCUT2D eigenvalue weighted by atomic mass is 32.1. The van der Waals surface area contributed by atoms with Crippen LogP contribution < -0.4 is 19.5 Å². The molecule has 1 amide bonds. The van der Waals surface area contributed by atoms with Crippen molar-refractivity contribution in [2.24, 2.45) is 5.92 Å². The van der Waals surface area contributed by atoms with Gasteiger partial charge in [0, 0.05) is 4.88 Å². The monoisotopic (exact) mass is 491 g/mol. The lowest BCUT2D eigenvalue weighted by Crippen LogP contribution is -2.22. The lowest BCUT2D eigenvalue weighted by molar-refractivity contribution is -0.119. The number of carbonyl (C=O) groups is 3. The summed E-state index contributed by atoms with van der Waals surface area (Å²) in [6, 6.07) is 3.01. The van der Waals surface area contributed by atoms with Gasteiger partial charge in [-0.1, -0.05) is 6.92 Å². The number of thiophene rings is 1. The minimum Gasteiger partial charge on any atom is -0.493 e. The van der Waals surface area contributed by atoms with Crippen molar-refractivity contribution in [3.63, 3.8) is 0 Å². The Balaban J connectivity index is 1.75. The smallest absolute Gasteiger partial charge is 0.342 e. The zero-order chi connectivity index (χ0) is 24.8. The van der Waals surface area contributed by atoms with Crippen LogP contribution in [0.15, 0.2) is 12.1 Å². The van der Waals surface area contributed by atoms with Crippen LogP contribution in [0.3, 0.4) is 0 Å². The van der Waals surface area contributed by atoms with E-state index >= 15 is 0 Å². The third kappa shape index (κ3) is 5.27. The second kappa shape index (κ2) is 11.2. The van der Waals surface area contributed by atoms with Crippen LogP contribution in [0.25, 0.3) is 0 Å². The van der Waals surface area contributed by atoms with Gasteiger partial charge < -0.3 is 29.0 Å². The molecule has 0 saturated carbocycles. The predicted octanol–water partition coefficient (Wildman–Crippen LogP) is 3.87. The largest absolute Gasteiger partial charge is 0.493 e. The van der Waals surface area contributed by atoms with Crippen LogP contribution in [0.5, 0.6) is 17.2 Å². The number of benzene rings is 1. The molecule has 10 heteroatoms. The molecule has 0 fully saturated rings. The van der Waals surface area contributed by atoms with Crippen LogP contribution in [-0.4, -0.2) is 52.4 Å². The number of ether oxygens (including phenoxy) is 5. The highest BCUT2D eigenvalue weighted by molar-refractivity contribution is 7.17. The van der Waals surface area contributed by atoms with Crippen molar-refractivity contribution >= 4 is 34.2 Å². The quantitative estimate of drug-likeness (QED) is 0.527. The van der Waals surface area contributed by atoms with Crippen LogP contribution in [-0.2, 0) is 27.1 Å². The van der Waals surface area contributed by atoms with Crippen LogP contribution in [0, 0.1) is 5.92 Å². The van der Waals surface area contributed by atoms with E-state index < -0.39 is 24.5 Å². The van der Waals surface area contributed by atoms with Crippen molar-refractivity contribution in [2.45, 2.75) is 33.1 Å². The van der Waals surface area contributed by atoms with E-state index in [9.17, 15) is 14.4 Å². The van der Waals surface area contributed by atoms with Crippen LogP contribution in [0.1, 0.15) is 51.4 Å². The van der Waals surface area contributed by atoms with Crippen molar-refractivity contribution in [1.29, 1.82) is 0 Å². The summed E-state index contributed by atoms with van der Waals surface area (Å²) in [5.41, 5.74) is 1.42. The molecule has 1 aliphatic rings. The Kier molecular flexibility index (Phi) is 8.38. The van der Waals surface area contributed by atoms with Crippen molar-refractivity contribution in [3.8, 4) is 17.2 Å². The zero-order valence-corrected chi connectivity index (χ0v) is 20.8. The first kappa shape index (κ1) is 25.4. The van der Waals surface area contributed by atoms with Gasteiger partial charge in [-0.2, -0.15) is 0 Å². The Morgan fingerprint density at radius 2 is 1.76 bits per heavy atom. The van der Waals surface area contributed by atoms with Gasteiger partial charge in [0.2, 0.25) is 5.75 Å². The molecule has 1 N–H and O–H groups in total. The number of anilines is 1. The topological polar surface area (TPSA) is 109 Å². The van der Waals surface area contributed by atoms with E-state index in [4.69, 9.17) is 23.7 Å². The fourth-order valence-electron chi connectivity index (χ4n) is 3.89. The van der Waals surface area contributed by atoms with Gasteiger partial charge in [-0.25, -0.2) is 9.59 Å². The summed E-state index contributed by atoms with van der Waals surface area (Å²) in [5.74, 6) is -0.531. The molecular weight excluding hydrogens is 462 g/mol. The highest BCUT2D eigenvalue weighted by Crippen LogP contribution is 2.41. The molecule has 2 aromatic rings. The summed E-state index contributed by atoms with van der Waals surface area (Å²) in [6.45, 7) is 3.58. The van der Waals surface area contributed by atoms with Crippen LogP contribution in [0.4, 0.5) is 5.00 Å². The molecule has 34 heavy (non-hydrogen) atoms. The maximum Gasteiger partial charge on any atom is 0.342 e. The zero-order valence-electron chi connectivity index (χ0n) is 19.9. The summed E-state index contributed by atoms with van der Waals surface area (Å²) >= 11 is 1.37. The van der Waals surface area contributed by atoms with Crippen LogP contribution in [0.2, 0.25) is 0 Å². The summed E-state index contributed by atoms with van der Waals surface area (Å²) in [7, 11) is 4.27. The van der Waals surface area contributed by atoms with Gasteiger partial charge in [0.1, 0.15) is 10.6 Å². The first-order chi connectivity index (χ1) is 16.3. The molecule has 0 bridgehead atoms.